The SMILES string of the molecule is Cc1cc(Cc2ccccc2Cl)cc([C@@H]2CCCN(C(=O)Cc3csc(C)n3)C2)n1. The number of pyridine rings is 1. The summed E-state index contributed by atoms with van der Waals surface area (Å²) >= 11 is 7.95. The molecule has 4 nitrogen and oxygen atoms in total. The smallest absolute Gasteiger partial charge is 0.228 e. The third kappa shape index (κ3) is 5.08. The quantitative estimate of drug-likeness (QED) is 0.538. The van der Waals surface area contributed by atoms with Crippen LogP contribution in [-0.2, 0) is 17.6 Å². The van der Waals surface area contributed by atoms with Crippen molar-refractivity contribution in [2.45, 2.75) is 45.4 Å². The van der Waals surface area contributed by atoms with Crippen molar-refractivity contribution in [3.8, 4) is 0 Å². The van der Waals surface area contributed by atoms with Crippen LogP contribution in [0.5, 0.6) is 0 Å². The molecule has 0 unspecified atom stereocenters. The van der Waals surface area contributed by atoms with Crippen LogP contribution in [0.25, 0.3) is 0 Å². The molecule has 0 radical (unpaired) electrons. The summed E-state index contributed by atoms with van der Waals surface area (Å²) in [5.41, 5.74) is 5.30. The molecule has 0 N–H and O–H groups in total. The summed E-state index contributed by atoms with van der Waals surface area (Å²) in [6.45, 7) is 5.55. The summed E-state index contributed by atoms with van der Waals surface area (Å²) in [5.74, 6) is 0.429. The highest BCUT2D eigenvalue weighted by molar-refractivity contribution is 7.09. The molecule has 0 spiro atoms. The Balaban J connectivity index is 1.48. The second-order valence-electron chi connectivity index (χ2n) is 8.02. The first-order chi connectivity index (χ1) is 14.5. The number of amides is 1. The fraction of sp³-hybridized carbons (Fsp3) is 0.375. The number of piperidine rings is 1. The van der Waals surface area contributed by atoms with Crippen LogP contribution in [0.3, 0.4) is 0 Å². The van der Waals surface area contributed by atoms with E-state index in [1.165, 1.54) is 5.56 Å². The number of nitrogens with zero attached hydrogens (tertiary/aromatic N) is 3. The molecule has 1 amide bonds. The fourth-order valence-corrected chi connectivity index (χ4v) is 4.96. The van der Waals surface area contributed by atoms with Gasteiger partial charge >= 0.3 is 0 Å². The molecule has 2 aromatic heterocycles. The number of thiazole rings is 1. The average molecular weight is 440 g/mol. The second-order valence-corrected chi connectivity index (χ2v) is 9.49. The number of halogens is 1. The Bertz CT molecular complexity index is 1050. The summed E-state index contributed by atoms with van der Waals surface area (Å²) in [5, 5.41) is 3.78. The number of likely N-dealkylation sites (tertiary alicyclic amines) is 1. The van der Waals surface area contributed by atoms with Gasteiger partial charge in [-0.15, -0.1) is 11.3 Å². The van der Waals surface area contributed by atoms with E-state index in [4.69, 9.17) is 16.6 Å². The molecule has 1 aromatic carbocycles. The fourth-order valence-electron chi connectivity index (χ4n) is 4.14. The van der Waals surface area contributed by atoms with Gasteiger partial charge in [-0.2, -0.15) is 0 Å². The third-order valence-electron chi connectivity index (χ3n) is 5.58. The van der Waals surface area contributed by atoms with Crippen molar-refractivity contribution < 1.29 is 4.79 Å². The lowest BCUT2D eigenvalue weighted by atomic mass is 9.92. The van der Waals surface area contributed by atoms with Gasteiger partial charge in [0, 0.05) is 40.8 Å². The van der Waals surface area contributed by atoms with Crippen LogP contribution in [-0.4, -0.2) is 33.9 Å². The maximum absolute atomic E-state index is 12.8. The normalized spacial score (nSPS) is 16.6. The van der Waals surface area contributed by atoms with Crippen molar-refractivity contribution in [1.29, 1.82) is 0 Å². The van der Waals surface area contributed by atoms with Crippen LogP contribution in [0.4, 0.5) is 0 Å². The van der Waals surface area contributed by atoms with Gasteiger partial charge in [-0.05, 0) is 62.4 Å². The third-order valence-corrected chi connectivity index (χ3v) is 6.77. The lowest BCUT2D eigenvalue weighted by molar-refractivity contribution is -0.131. The highest BCUT2D eigenvalue weighted by atomic mass is 35.5. The Kier molecular flexibility index (Phi) is 6.49. The highest BCUT2D eigenvalue weighted by Gasteiger charge is 2.26. The lowest BCUT2D eigenvalue weighted by Crippen LogP contribution is -2.40. The highest BCUT2D eigenvalue weighted by Crippen LogP contribution is 2.28. The van der Waals surface area contributed by atoms with E-state index in [2.05, 4.69) is 23.2 Å². The monoisotopic (exact) mass is 439 g/mol. The van der Waals surface area contributed by atoms with E-state index in [-0.39, 0.29) is 11.8 Å². The summed E-state index contributed by atoms with van der Waals surface area (Å²) < 4.78 is 0. The average Bonchev–Trinajstić information content (AvgIpc) is 3.14. The first-order valence-electron chi connectivity index (χ1n) is 10.4. The van der Waals surface area contributed by atoms with Gasteiger partial charge < -0.3 is 4.90 Å². The largest absolute Gasteiger partial charge is 0.342 e. The number of aromatic nitrogens is 2. The van der Waals surface area contributed by atoms with Gasteiger partial charge in [0.05, 0.1) is 17.1 Å². The Morgan fingerprint density at radius 3 is 2.83 bits per heavy atom. The maximum atomic E-state index is 12.8. The van der Waals surface area contributed by atoms with E-state index < -0.39 is 0 Å². The minimum atomic E-state index is 0.161. The van der Waals surface area contributed by atoms with Gasteiger partial charge in [0.2, 0.25) is 5.91 Å². The predicted molar refractivity (Wildman–Crippen MR) is 122 cm³/mol. The number of carbonyl (C=O) groups is 1. The minimum absolute atomic E-state index is 0.161. The summed E-state index contributed by atoms with van der Waals surface area (Å²) in [7, 11) is 0. The molecule has 3 heterocycles. The van der Waals surface area contributed by atoms with Crippen molar-refractivity contribution in [3.05, 3.63) is 80.0 Å². The van der Waals surface area contributed by atoms with Gasteiger partial charge in [0.1, 0.15) is 0 Å². The van der Waals surface area contributed by atoms with E-state index in [0.29, 0.717) is 6.42 Å². The van der Waals surface area contributed by atoms with Crippen molar-refractivity contribution in [1.82, 2.24) is 14.9 Å². The van der Waals surface area contributed by atoms with E-state index >= 15 is 0 Å². The first kappa shape index (κ1) is 21.0. The standard InChI is InChI=1S/C24H26ClN3OS/c1-16-10-18(11-19-6-3-4-8-22(19)25)12-23(26-16)20-7-5-9-28(14-20)24(29)13-21-15-30-17(2)27-21/h3-4,6,8,10,12,15,20H,5,7,9,11,13-14H2,1-2H3/t20-/m1/s1. The zero-order chi connectivity index (χ0) is 21.1. The van der Waals surface area contributed by atoms with E-state index in [9.17, 15) is 4.79 Å². The molecule has 1 atom stereocenters. The zero-order valence-corrected chi connectivity index (χ0v) is 19.0. The molecule has 1 fully saturated rings. The van der Waals surface area contributed by atoms with E-state index in [1.54, 1.807) is 11.3 Å². The molecule has 0 saturated carbocycles. The molecule has 156 valence electrons. The number of hydrogen-bond donors (Lipinski definition) is 0. The topological polar surface area (TPSA) is 46.1 Å². The van der Waals surface area contributed by atoms with Gasteiger partial charge in [-0.25, -0.2) is 4.98 Å². The molecular formula is C24H26ClN3OS. The summed E-state index contributed by atoms with van der Waals surface area (Å²) in [6, 6.07) is 12.3. The number of hydrogen-bond acceptors (Lipinski definition) is 4. The Labute approximate surface area is 186 Å². The molecule has 0 aliphatic carbocycles. The van der Waals surface area contributed by atoms with E-state index in [0.717, 1.165) is 65.0 Å². The molecule has 3 aromatic rings. The lowest BCUT2D eigenvalue weighted by Gasteiger charge is -2.32. The molecule has 1 aliphatic rings. The summed E-state index contributed by atoms with van der Waals surface area (Å²) in [6.07, 6.45) is 3.23. The van der Waals surface area contributed by atoms with Crippen LogP contribution >= 0.6 is 22.9 Å². The van der Waals surface area contributed by atoms with Crippen molar-refractivity contribution in [2.75, 3.05) is 13.1 Å². The van der Waals surface area contributed by atoms with Crippen molar-refractivity contribution in [3.63, 3.8) is 0 Å². The van der Waals surface area contributed by atoms with Gasteiger partial charge in [-0.3, -0.25) is 9.78 Å². The molecule has 30 heavy (non-hydrogen) atoms. The molecule has 1 saturated heterocycles. The van der Waals surface area contributed by atoms with Crippen LogP contribution in [0, 0.1) is 13.8 Å². The first-order valence-corrected chi connectivity index (χ1v) is 11.6. The second kappa shape index (κ2) is 9.27. The minimum Gasteiger partial charge on any atom is -0.342 e. The molecule has 4 rings (SSSR count). The van der Waals surface area contributed by atoms with Crippen LogP contribution in [0.2, 0.25) is 5.02 Å². The van der Waals surface area contributed by atoms with Gasteiger partial charge in [0.15, 0.2) is 0 Å². The molecular weight excluding hydrogens is 414 g/mol. The molecule has 0 bridgehead atoms. The number of rotatable bonds is 5. The van der Waals surface area contributed by atoms with Crippen molar-refractivity contribution in [2.24, 2.45) is 0 Å². The Hall–Kier alpha value is -2.24. The number of carbonyl (C=O) groups excluding carboxylic acids is 1. The number of aryl methyl sites for hydroxylation is 2. The predicted octanol–water partition coefficient (Wildman–Crippen LogP) is 5.35. The van der Waals surface area contributed by atoms with Crippen LogP contribution < -0.4 is 0 Å². The number of benzene rings is 1. The molecule has 1 aliphatic heterocycles. The van der Waals surface area contributed by atoms with Gasteiger partial charge in [0.25, 0.3) is 0 Å². The summed E-state index contributed by atoms with van der Waals surface area (Å²) in [4.78, 5) is 24.1. The zero-order valence-electron chi connectivity index (χ0n) is 17.4. The van der Waals surface area contributed by atoms with E-state index in [1.807, 2.05) is 42.3 Å². The Morgan fingerprint density at radius 1 is 1.23 bits per heavy atom. The Morgan fingerprint density at radius 2 is 2.07 bits per heavy atom. The van der Waals surface area contributed by atoms with Gasteiger partial charge in [-0.1, -0.05) is 29.8 Å². The molecule has 6 heteroatoms. The van der Waals surface area contributed by atoms with Crippen LogP contribution in [0.15, 0.2) is 41.8 Å². The van der Waals surface area contributed by atoms with Crippen molar-refractivity contribution >= 4 is 28.8 Å². The maximum Gasteiger partial charge on any atom is 0.228 e. The van der Waals surface area contributed by atoms with Crippen LogP contribution in [0.1, 0.15) is 52.0 Å².